The molecule has 92 valence electrons. The number of ether oxygens (including phenoxy) is 1. The first-order valence-corrected chi connectivity index (χ1v) is 5.79. The summed E-state index contributed by atoms with van der Waals surface area (Å²) in [5.41, 5.74) is 5.93. The molecule has 0 aromatic carbocycles. The number of nitrogens with zero attached hydrogens (tertiary/aromatic N) is 2. The van der Waals surface area contributed by atoms with Gasteiger partial charge in [-0.15, -0.1) is 0 Å². The fourth-order valence-electron chi connectivity index (χ4n) is 1.39. The van der Waals surface area contributed by atoms with E-state index in [0.29, 0.717) is 30.8 Å². The van der Waals surface area contributed by atoms with Crippen LogP contribution in [0, 0.1) is 5.92 Å². The van der Waals surface area contributed by atoms with E-state index in [1.807, 2.05) is 0 Å². The van der Waals surface area contributed by atoms with Crippen molar-refractivity contribution < 1.29 is 9.26 Å². The highest BCUT2D eigenvalue weighted by Crippen LogP contribution is 2.16. The summed E-state index contributed by atoms with van der Waals surface area (Å²) in [6, 6.07) is -0.174. The molecule has 5 nitrogen and oxygen atoms in total. The molecule has 0 aliphatic heterocycles. The Labute approximate surface area is 96.4 Å². The summed E-state index contributed by atoms with van der Waals surface area (Å²) in [5, 5.41) is 3.83. The smallest absolute Gasteiger partial charge is 0.243 e. The molecule has 0 amide bonds. The van der Waals surface area contributed by atoms with Crippen LogP contribution < -0.4 is 5.73 Å². The molecule has 0 radical (unpaired) electrons. The van der Waals surface area contributed by atoms with Crippen LogP contribution in [0.5, 0.6) is 0 Å². The van der Waals surface area contributed by atoms with Crippen LogP contribution >= 0.6 is 0 Å². The lowest BCUT2D eigenvalue weighted by Gasteiger charge is -2.08. The third-order valence-electron chi connectivity index (χ3n) is 2.11. The van der Waals surface area contributed by atoms with Crippen LogP contribution in [-0.2, 0) is 11.3 Å². The number of aromatic nitrogens is 2. The molecule has 0 bridgehead atoms. The lowest BCUT2D eigenvalue weighted by atomic mass is 10.0. The Bertz CT molecular complexity index is 299. The molecule has 16 heavy (non-hydrogen) atoms. The van der Waals surface area contributed by atoms with E-state index >= 15 is 0 Å². The highest BCUT2D eigenvalue weighted by molar-refractivity contribution is 4.91. The first kappa shape index (κ1) is 13.1. The molecule has 1 heterocycles. The molecular weight excluding hydrogens is 206 g/mol. The predicted molar refractivity (Wildman–Crippen MR) is 60.6 cm³/mol. The van der Waals surface area contributed by atoms with Crippen molar-refractivity contribution in [1.82, 2.24) is 10.1 Å². The molecule has 5 heteroatoms. The molecule has 0 spiro atoms. The summed E-state index contributed by atoms with van der Waals surface area (Å²) in [6.45, 7) is 7.39. The summed E-state index contributed by atoms with van der Waals surface area (Å²) in [5.74, 6) is 1.59. The molecule has 1 aromatic heterocycles. The van der Waals surface area contributed by atoms with Gasteiger partial charge in [0.25, 0.3) is 0 Å². The molecule has 2 N–H and O–H groups in total. The Morgan fingerprint density at radius 3 is 2.81 bits per heavy atom. The zero-order valence-corrected chi connectivity index (χ0v) is 10.3. The normalized spacial score (nSPS) is 13.3. The zero-order chi connectivity index (χ0) is 12.0. The Hall–Kier alpha value is -0.940. The average molecular weight is 227 g/mol. The highest BCUT2D eigenvalue weighted by Gasteiger charge is 2.15. The van der Waals surface area contributed by atoms with Gasteiger partial charge in [-0.2, -0.15) is 4.98 Å². The number of hydrogen-bond donors (Lipinski definition) is 1. The second-order valence-electron chi connectivity index (χ2n) is 4.34. The maximum Gasteiger partial charge on any atom is 0.243 e. The average Bonchev–Trinajstić information content (AvgIpc) is 2.66. The molecule has 0 fully saturated rings. The van der Waals surface area contributed by atoms with E-state index in [0.717, 1.165) is 12.8 Å². The van der Waals surface area contributed by atoms with E-state index < -0.39 is 0 Å². The van der Waals surface area contributed by atoms with Gasteiger partial charge in [0.15, 0.2) is 5.82 Å². The van der Waals surface area contributed by atoms with Crippen molar-refractivity contribution in [3.05, 3.63) is 11.7 Å². The second-order valence-corrected chi connectivity index (χ2v) is 4.34. The van der Waals surface area contributed by atoms with Crippen LogP contribution in [0.4, 0.5) is 0 Å². The van der Waals surface area contributed by atoms with Gasteiger partial charge in [-0.1, -0.05) is 25.9 Å². The van der Waals surface area contributed by atoms with Crippen LogP contribution in [-0.4, -0.2) is 16.7 Å². The first-order valence-electron chi connectivity index (χ1n) is 5.79. The van der Waals surface area contributed by atoms with Crippen molar-refractivity contribution in [3.63, 3.8) is 0 Å². The highest BCUT2D eigenvalue weighted by atomic mass is 16.5. The van der Waals surface area contributed by atoms with Crippen LogP contribution in [0.3, 0.4) is 0 Å². The molecule has 0 saturated heterocycles. The van der Waals surface area contributed by atoms with E-state index in [1.54, 1.807) is 0 Å². The van der Waals surface area contributed by atoms with Gasteiger partial charge >= 0.3 is 0 Å². The molecule has 0 aliphatic carbocycles. The van der Waals surface area contributed by atoms with E-state index in [1.165, 1.54) is 0 Å². The van der Waals surface area contributed by atoms with Gasteiger partial charge in [-0.05, 0) is 18.8 Å². The quantitative estimate of drug-likeness (QED) is 0.721. The van der Waals surface area contributed by atoms with Gasteiger partial charge in [0.05, 0.1) is 6.04 Å². The molecule has 1 atom stereocenters. The van der Waals surface area contributed by atoms with Crippen molar-refractivity contribution in [2.45, 2.75) is 46.3 Å². The van der Waals surface area contributed by atoms with Crippen LogP contribution in [0.15, 0.2) is 4.52 Å². The Morgan fingerprint density at radius 1 is 1.44 bits per heavy atom. The summed E-state index contributed by atoms with van der Waals surface area (Å²) in [4.78, 5) is 4.21. The first-order chi connectivity index (χ1) is 7.63. The van der Waals surface area contributed by atoms with Crippen molar-refractivity contribution >= 4 is 0 Å². The molecule has 1 aromatic rings. The van der Waals surface area contributed by atoms with E-state index in [4.69, 9.17) is 15.0 Å². The number of nitrogens with two attached hydrogens (primary N) is 1. The minimum atomic E-state index is -0.174. The fraction of sp³-hybridized carbons (Fsp3) is 0.818. The van der Waals surface area contributed by atoms with E-state index in [2.05, 4.69) is 30.9 Å². The van der Waals surface area contributed by atoms with Crippen molar-refractivity contribution in [3.8, 4) is 0 Å². The van der Waals surface area contributed by atoms with E-state index in [-0.39, 0.29) is 6.04 Å². The van der Waals surface area contributed by atoms with Crippen LogP contribution in [0.2, 0.25) is 0 Å². The van der Waals surface area contributed by atoms with Gasteiger partial charge in [-0.3, -0.25) is 0 Å². The molecule has 1 rings (SSSR count). The SMILES string of the molecule is CCCOCc1noc([C@H](N)CC(C)C)n1. The van der Waals surface area contributed by atoms with Gasteiger partial charge in [-0.25, -0.2) is 0 Å². The van der Waals surface area contributed by atoms with Crippen LogP contribution in [0.25, 0.3) is 0 Å². The third kappa shape index (κ3) is 4.28. The van der Waals surface area contributed by atoms with Crippen molar-refractivity contribution in [2.24, 2.45) is 11.7 Å². The van der Waals surface area contributed by atoms with Crippen molar-refractivity contribution in [2.75, 3.05) is 6.61 Å². The predicted octanol–water partition coefficient (Wildman–Crippen LogP) is 2.04. The number of hydrogen-bond acceptors (Lipinski definition) is 5. The summed E-state index contributed by atoms with van der Waals surface area (Å²) in [6.07, 6.45) is 1.83. The minimum absolute atomic E-state index is 0.174. The Kier molecular flexibility index (Phi) is 5.42. The van der Waals surface area contributed by atoms with Crippen LogP contribution in [0.1, 0.15) is 51.4 Å². The summed E-state index contributed by atoms with van der Waals surface area (Å²) < 4.78 is 10.4. The topological polar surface area (TPSA) is 74.2 Å². The Balaban J connectivity index is 2.44. The monoisotopic (exact) mass is 227 g/mol. The van der Waals surface area contributed by atoms with Gasteiger partial charge in [0.1, 0.15) is 6.61 Å². The third-order valence-corrected chi connectivity index (χ3v) is 2.11. The zero-order valence-electron chi connectivity index (χ0n) is 10.3. The van der Waals surface area contributed by atoms with Crippen molar-refractivity contribution in [1.29, 1.82) is 0 Å². The molecule has 0 saturated carbocycles. The lowest BCUT2D eigenvalue weighted by Crippen LogP contribution is -2.13. The van der Waals surface area contributed by atoms with E-state index in [9.17, 15) is 0 Å². The molecule has 0 unspecified atom stereocenters. The molecular formula is C11H21N3O2. The second kappa shape index (κ2) is 6.60. The lowest BCUT2D eigenvalue weighted by molar-refractivity contribution is 0.114. The Morgan fingerprint density at radius 2 is 2.19 bits per heavy atom. The standard InChI is InChI=1S/C11H21N3O2/c1-4-5-15-7-10-13-11(16-14-10)9(12)6-8(2)3/h8-9H,4-7,12H2,1-3H3/t9-/m1/s1. The van der Waals surface area contributed by atoms with Gasteiger partial charge in [0, 0.05) is 6.61 Å². The van der Waals surface area contributed by atoms with Gasteiger partial charge < -0.3 is 15.0 Å². The maximum absolute atomic E-state index is 5.93. The fourth-order valence-corrected chi connectivity index (χ4v) is 1.39. The number of rotatable bonds is 7. The summed E-state index contributed by atoms with van der Waals surface area (Å²) >= 11 is 0. The summed E-state index contributed by atoms with van der Waals surface area (Å²) in [7, 11) is 0. The molecule has 0 aliphatic rings. The van der Waals surface area contributed by atoms with Gasteiger partial charge in [0.2, 0.25) is 5.89 Å². The largest absolute Gasteiger partial charge is 0.373 e. The maximum atomic E-state index is 5.93. The minimum Gasteiger partial charge on any atom is -0.373 e.